The van der Waals surface area contributed by atoms with E-state index in [1.807, 2.05) is 0 Å². The van der Waals surface area contributed by atoms with E-state index in [1.54, 1.807) is 13.8 Å². The van der Waals surface area contributed by atoms with Crippen LogP contribution in [0.5, 0.6) is 0 Å². The van der Waals surface area contributed by atoms with E-state index < -0.39 is 15.8 Å². The summed E-state index contributed by atoms with van der Waals surface area (Å²) in [4.78, 5) is 0. The van der Waals surface area contributed by atoms with Gasteiger partial charge in [-0.05, 0) is 24.1 Å². The van der Waals surface area contributed by atoms with Crippen LogP contribution in [0, 0.1) is 11.7 Å². The number of hydrogen-bond donors (Lipinski definition) is 2. The Balaban J connectivity index is 2.92. The zero-order chi connectivity index (χ0) is 12.3. The molecule has 0 saturated carbocycles. The Kier molecular flexibility index (Phi) is 3.74. The van der Waals surface area contributed by atoms with Crippen LogP contribution in [-0.4, -0.2) is 14.2 Å². The summed E-state index contributed by atoms with van der Waals surface area (Å²) in [5, 5.41) is 0. The number of sulfonamides is 1. The molecule has 0 radical (unpaired) electrons. The molecule has 0 aliphatic heterocycles. The van der Waals surface area contributed by atoms with Crippen molar-refractivity contribution >= 4 is 21.4 Å². The van der Waals surface area contributed by atoms with Gasteiger partial charge in [0.15, 0.2) is 0 Å². The van der Waals surface area contributed by atoms with Gasteiger partial charge >= 0.3 is 0 Å². The Morgan fingerprint density at radius 3 is 2.62 bits per heavy atom. The molecular formula is C10H15FN2O2S. The molecule has 1 rings (SSSR count). The molecule has 0 saturated heterocycles. The molecule has 1 aromatic rings. The van der Waals surface area contributed by atoms with Gasteiger partial charge in [0, 0.05) is 5.69 Å². The molecule has 3 N–H and O–H groups in total. The van der Waals surface area contributed by atoms with Gasteiger partial charge in [-0.1, -0.05) is 13.8 Å². The third kappa shape index (κ3) is 3.69. The van der Waals surface area contributed by atoms with Crippen LogP contribution >= 0.6 is 0 Å². The zero-order valence-corrected chi connectivity index (χ0v) is 10.0. The van der Waals surface area contributed by atoms with E-state index in [1.165, 1.54) is 12.1 Å². The van der Waals surface area contributed by atoms with Crippen molar-refractivity contribution in [1.82, 2.24) is 0 Å². The highest BCUT2D eigenvalue weighted by atomic mass is 32.2. The fourth-order valence-corrected chi connectivity index (χ4v) is 2.72. The van der Waals surface area contributed by atoms with Crippen molar-refractivity contribution in [3.05, 3.63) is 24.0 Å². The van der Waals surface area contributed by atoms with Gasteiger partial charge in [-0.2, -0.15) is 0 Å². The molecule has 6 heteroatoms. The molecule has 0 aliphatic rings. The molecule has 0 fully saturated rings. The Morgan fingerprint density at radius 2 is 2.06 bits per heavy atom. The Labute approximate surface area is 94.7 Å². The van der Waals surface area contributed by atoms with E-state index in [-0.39, 0.29) is 17.4 Å². The lowest BCUT2D eigenvalue weighted by Gasteiger charge is -2.10. The largest absolute Gasteiger partial charge is 0.399 e. The zero-order valence-electron chi connectivity index (χ0n) is 9.20. The van der Waals surface area contributed by atoms with Gasteiger partial charge in [0.2, 0.25) is 10.0 Å². The van der Waals surface area contributed by atoms with Gasteiger partial charge in [0.25, 0.3) is 0 Å². The van der Waals surface area contributed by atoms with Gasteiger partial charge in [0.1, 0.15) is 5.82 Å². The second-order valence-corrected chi connectivity index (χ2v) is 5.78. The molecule has 0 spiro atoms. The fraction of sp³-hybridized carbons (Fsp3) is 0.400. The topological polar surface area (TPSA) is 72.2 Å². The molecule has 0 bridgehead atoms. The van der Waals surface area contributed by atoms with Gasteiger partial charge in [-0.25, -0.2) is 12.8 Å². The number of anilines is 2. The summed E-state index contributed by atoms with van der Waals surface area (Å²) >= 11 is 0. The summed E-state index contributed by atoms with van der Waals surface area (Å²) in [6, 6.07) is 3.76. The van der Waals surface area contributed by atoms with Crippen molar-refractivity contribution in [2.24, 2.45) is 5.92 Å². The van der Waals surface area contributed by atoms with Crippen LogP contribution in [0.3, 0.4) is 0 Å². The minimum absolute atomic E-state index is 0.0263. The maximum absolute atomic E-state index is 13.3. The van der Waals surface area contributed by atoms with Crippen LogP contribution < -0.4 is 10.5 Å². The molecule has 0 unspecified atom stereocenters. The summed E-state index contributed by atoms with van der Waals surface area (Å²) in [7, 11) is -3.52. The molecule has 0 amide bonds. The first-order chi connectivity index (χ1) is 7.30. The van der Waals surface area contributed by atoms with Gasteiger partial charge in [-0.3, -0.25) is 4.72 Å². The lowest BCUT2D eigenvalue weighted by atomic mass is 10.3. The summed E-state index contributed by atoms with van der Waals surface area (Å²) in [6.45, 7) is 3.55. The Hall–Kier alpha value is -1.30. The molecule has 4 nitrogen and oxygen atoms in total. The lowest BCUT2D eigenvalue weighted by Crippen LogP contribution is -2.20. The van der Waals surface area contributed by atoms with Crippen LogP contribution in [0.15, 0.2) is 18.2 Å². The van der Waals surface area contributed by atoms with E-state index >= 15 is 0 Å². The summed E-state index contributed by atoms with van der Waals surface area (Å²) in [5.74, 6) is -0.718. The molecule has 1 aromatic carbocycles. The molecule has 0 aromatic heterocycles. The Bertz CT molecular complexity index is 472. The predicted octanol–water partition coefficient (Wildman–Crippen LogP) is 1.81. The van der Waals surface area contributed by atoms with Crippen LogP contribution in [0.2, 0.25) is 0 Å². The first-order valence-corrected chi connectivity index (χ1v) is 6.51. The highest BCUT2D eigenvalue weighted by molar-refractivity contribution is 7.92. The minimum atomic E-state index is -3.52. The van der Waals surface area contributed by atoms with Crippen LogP contribution in [0.1, 0.15) is 13.8 Å². The molecule has 0 aliphatic carbocycles. The van der Waals surface area contributed by atoms with Crippen molar-refractivity contribution in [3.63, 3.8) is 0 Å². The van der Waals surface area contributed by atoms with Crippen molar-refractivity contribution in [3.8, 4) is 0 Å². The minimum Gasteiger partial charge on any atom is -0.399 e. The highest BCUT2D eigenvalue weighted by Crippen LogP contribution is 2.19. The van der Waals surface area contributed by atoms with E-state index in [0.717, 1.165) is 6.07 Å². The average Bonchev–Trinajstić information content (AvgIpc) is 2.08. The lowest BCUT2D eigenvalue weighted by molar-refractivity contribution is 0.585. The fourth-order valence-electron chi connectivity index (χ4n) is 1.27. The maximum atomic E-state index is 13.3. The number of nitrogen functional groups attached to an aromatic ring is 1. The first-order valence-electron chi connectivity index (χ1n) is 4.85. The number of nitrogens with two attached hydrogens (primary N) is 1. The second kappa shape index (κ2) is 4.69. The smallest absolute Gasteiger partial charge is 0.233 e. The average molecular weight is 246 g/mol. The SMILES string of the molecule is CC(C)CS(=O)(=O)Nc1cc(N)ccc1F. The van der Waals surface area contributed by atoms with Gasteiger partial charge < -0.3 is 5.73 Å². The third-order valence-electron chi connectivity index (χ3n) is 1.81. The number of hydrogen-bond acceptors (Lipinski definition) is 3. The van der Waals surface area contributed by atoms with Gasteiger partial charge in [0.05, 0.1) is 11.4 Å². The molecule has 90 valence electrons. The summed E-state index contributed by atoms with van der Waals surface area (Å²) < 4.78 is 38.5. The van der Waals surface area contributed by atoms with E-state index in [2.05, 4.69) is 4.72 Å². The Morgan fingerprint density at radius 1 is 1.44 bits per heavy atom. The standard InChI is InChI=1S/C10H15FN2O2S/c1-7(2)6-16(14,15)13-10-5-8(12)3-4-9(10)11/h3-5,7,13H,6,12H2,1-2H3. The van der Waals surface area contributed by atoms with Crippen molar-refractivity contribution in [2.75, 3.05) is 16.2 Å². The number of rotatable bonds is 4. The van der Waals surface area contributed by atoms with E-state index in [0.29, 0.717) is 5.69 Å². The highest BCUT2D eigenvalue weighted by Gasteiger charge is 2.15. The molecule has 0 heterocycles. The predicted molar refractivity (Wildman–Crippen MR) is 63.1 cm³/mol. The number of benzene rings is 1. The first kappa shape index (κ1) is 12.8. The molecule has 0 atom stereocenters. The van der Waals surface area contributed by atoms with Crippen molar-refractivity contribution < 1.29 is 12.8 Å². The maximum Gasteiger partial charge on any atom is 0.233 e. The quantitative estimate of drug-likeness (QED) is 0.796. The van der Waals surface area contributed by atoms with E-state index in [9.17, 15) is 12.8 Å². The van der Waals surface area contributed by atoms with Crippen LogP contribution in [0.4, 0.5) is 15.8 Å². The number of nitrogens with one attached hydrogen (secondary N) is 1. The molecular weight excluding hydrogens is 231 g/mol. The summed E-state index contributed by atoms with van der Waals surface area (Å²) in [6.07, 6.45) is 0. The summed E-state index contributed by atoms with van der Waals surface area (Å²) in [5.41, 5.74) is 5.64. The second-order valence-electron chi connectivity index (χ2n) is 4.02. The van der Waals surface area contributed by atoms with Crippen LogP contribution in [0.25, 0.3) is 0 Å². The normalized spacial score (nSPS) is 11.8. The number of halogens is 1. The monoisotopic (exact) mass is 246 g/mol. The van der Waals surface area contributed by atoms with Gasteiger partial charge in [-0.15, -0.1) is 0 Å². The third-order valence-corrected chi connectivity index (χ3v) is 3.45. The van der Waals surface area contributed by atoms with Crippen molar-refractivity contribution in [1.29, 1.82) is 0 Å². The molecule has 16 heavy (non-hydrogen) atoms. The van der Waals surface area contributed by atoms with E-state index in [4.69, 9.17) is 5.73 Å². The van der Waals surface area contributed by atoms with Crippen molar-refractivity contribution in [2.45, 2.75) is 13.8 Å². The van der Waals surface area contributed by atoms with Crippen LogP contribution in [-0.2, 0) is 10.0 Å².